The molecule has 0 fully saturated rings. The van der Waals surface area contributed by atoms with Gasteiger partial charge < -0.3 is 5.32 Å². The van der Waals surface area contributed by atoms with Crippen molar-refractivity contribution in [2.75, 3.05) is 5.32 Å². The molecule has 0 aliphatic rings. The summed E-state index contributed by atoms with van der Waals surface area (Å²) >= 11 is 0. The van der Waals surface area contributed by atoms with E-state index in [0.717, 1.165) is 10.7 Å². The van der Waals surface area contributed by atoms with Crippen LogP contribution in [0.3, 0.4) is 0 Å². The van der Waals surface area contributed by atoms with Crippen LogP contribution in [-0.2, 0) is 17.5 Å². The molecule has 0 aliphatic carbocycles. The van der Waals surface area contributed by atoms with Gasteiger partial charge in [-0.05, 0) is 24.3 Å². The highest BCUT2D eigenvalue weighted by Gasteiger charge is 2.38. The Morgan fingerprint density at radius 1 is 1.26 bits per heavy atom. The number of carbonyl (C=O) groups excluding carboxylic acids is 1. The third-order valence-corrected chi connectivity index (χ3v) is 3.56. The first-order chi connectivity index (χ1) is 12.7. The van der Waals surface area contributed by atoms with Gasteiger partial charge >= 0.3 is 11.9 Å². The van der Waals surface area contributed by atoms with Gasteiger partial charge in [0, 0.05) is 18.0 Å². The van der Waals surface area contributed by atoms with Crippen LogP contribution < -0.4 is 11.0 Å². The first kappa shape index (κ1) is 18.1. The maximum atomic E-state index is 13.0. The molecule has 27 heavy (non-hydrogen) atoms. The van der Waals surface area contributed by atoms with Crippen LogP contribution >= 0.6 is 0 Å². The fourth-order valence-corrected chi connectivity index (χ4v) is 2.41. The Morgan fingerprint density at radius 2 is 2.00 bits per heavy atom. The Bertz CT molecular complexity index is 1100. The Balaban J connectivity index is 1.84. The van der Waals surface area contributed by atoms with E-state index in [-0.39, 0.29) is 5.69 Å². The van der Waals surface area contributed by atoms with Gasteiger partial charge in [-0.25, -0.2) is 9.48 Å². The molecule has 0 saturated heterocycles. The minimum absolute atomic E-state index is 0.296. The van der Waals surface area contributed by atoms with Crippen LogP contribution in [0.4, 0.5) is 24.5 Å². The van der Waals surface area contributed by atoms with E-state index in [4.69, 9.17) is 0 Å². The Labute approximate surface area is 147 Å². The molecule has 0 bridgehead atoms. The predicted molar refractivity (Wildman–Crippen MR) is 86.2 cm³/mol. The van der Waals surface area contributed by atoms with Crippen molar-refractivity contribution in [2.45, 2.75) is 12.7 Å². The summed E-state index contributed by atoms with van der Waals surface area (Å²) in [6.45, 7) is -0.543. The maximum absolute atomic E-state index is 13.0. The number of halogens is 3. The second-order valence-electron chi connectivity index (χ2n) is 5.40. The zero-order valence-electron chi connectivity index (χ0n) is 13.3. The second kappa shape index (κ2) is 6.55. The first-order valence-corrected chi connectivity index (χ1v) is 7.36. The number of rotatable bonds is 4. The number of benzene rings is 1. The van der Waals surface area contributed by atoms with Gasteiger partial charge in [0.1, 0.15) is 12.1 Å². The lowest BCUT2D eigenvalue weighted by atomic mass is 10.1. The fraction of sp³-hybridized carbons (Fsp3) is 0.133. The lowest BCUT2D eigenvalue weighted by Gasteiger charge is -2.10. The summed E-state index contributed by atoms with van der Waals surface area (Å²) in [6.07, 6.45) is -3.52. The third kappa shape index (κ3) is 3.63. The molecule has 1 aromatic carbocycles. The summed E-state index contributed by atoms with van der Waals surface area (Å²) in [5, 5.41) is 16.8. The number of amides is 1. The van der Waals surface area contributed by atoms with Crippen LogP contribution in [0.25, 0.3) is 5.65 Å². The smallest absolute Gasteiger partial charge is 0.324 e. The van der Waals surface area contributed by atoms with E-state index in [1.54, 1.807) is 18.2 Å². The van der Waals surface area contributed by atoms with E-state index >= 15 is 0 Å². The highest BCUT2D eigenvalue weighted by Crippen LogP contribution is 2.37. The second-order valence-corrected chi connectivity index (χ2v) is 5.40. The Hall–Kier alpha value is -3.70. The average molecular weight is 381 g/mol. The van der Waals surface area contributed by atoms with Crippen LogP contribution in [0.5, 0.6) is 0 Å². The number of pyridine rings is 1. The molecule has 3 aromatic rings. The predicted octanol–water partition coefficient (Wildman–Crippen LogP) is 2.06. The molecule has 0 unspecified atom stereocenters. The number of hydrogen-bond acceptors (Lipinski definition) is 5. The van der Waals surface area contributed by atoms with Crippen molar-refractivity contribution in [3.05, 3.63) is 68.8 Å². The van der Waals surface area contributed by atoms with Crippen molar-refractivity contribution in [1.29, 1.82) is 0 Å². The highest BCUT2D eigenvalue weighted by molar-refractivity contribution is 5.90. The van der Waals surface area contributed by atoms with Gasteiger partial charge in [-0.3, -0.25) is 19.3 Å². The molecule has 12 heteroatoms. The normalized spacial score (nSPS) is 11.5. The molecule has 9 nitrogen and oxygen atoms in total. The number of nitrogens with zero attached hydrogens (tertiary/aromatic N) is 4. The van der Waals surface area contributed by atoms with Gasteiger partial charge in [-0.15, -0.1) is 5.10 Å². The van der Waals surface area contributed by atoms with Crippen LogP contribution in [0.2, 0.25) is 0 Å². The third-order valence-electron chi connectivity index (χ3n) is 3.56. The lowest BCUT2D eigenvalue weighted by molar-refractivity contribution is -0.388. The van der Waals surface area contributed by atoms with Crippen molar-refractivity contribution in [3.8, 4) is 0 Å². The fourth-order valence-electron chi connectivity index (χ4n) is 2.41. The summed E-state index contributed by atoms with van der Waals surface area (Å²) < 4.78 is 40.9. The molecule has 0 radical (unpaired) electrons. The monoisotopic (exact) mass is 381 g/mol. The van der Waals surface area contributed by atoms with Gasteiger partial charge in [0.2, 0.25) is 5.91 Å². The van der Waals surface area contributed by atoms with Crippen LogP contribution in [0, 0.1) is 10.1 Å². The zero-order valence-corrected chi connectivity index (χ0v) is 13.3. The molecule has 0 aliphatic heterocycles. The maximum Gasteiger partial charge on any atom is 0.423 e. The van der Waals surface area contributed by atoms with Crippen molar-refractivity contribution in [3.63, 3.8) is 0 Å². The molecule has 3 rings (SSSR count). The molecule has 1 N–H and O–H groups in total. The SMILES string of the molecule is O=C(Cn1nc2ccccn2c1=O)Nc1ccc([N+](=O)[O-])c(C(F)(F)F)c1. The summed E-state index contributed by atoms with van der Waals surface area (Å²) in [7, 11) is 0. The van der Waals surface area contributed by atoms with Gasteiger partial charge in [-0.2, -0.15) is 13.2 Å². The zero-order chi connectivity index (χ0) is 19.8. The van der Waals surface area contributed by atoms with Crippen LogP contribution in [-0.4, -0.2) is 25.0 Å². The number of aromatic nitrogens is 3. The summed E-state index contributed by atoms with van der Waals surface area (Å²) in [5.74, 6) is -0.817. The number of anilines is 1. The number of nitro benzene ring substituents is 1. The van der Waals surface area contributed by atoms with Gasteiger partial charge in [-0.1, -0.05) is 6.07 Å². The van der Waals surface area contributed by atoms with E-state index in [0.29, 0.717) is 17.8 Å². The van der Waals surface area contributed by atoms with E-state index < -0.39 is 40.5 Å². The standard InChI is InChI=1S/C15H10F3N5O4/c16-15(17,18)10-7-9(4-5-11(10)23(26)27)19-13(24)8-22-14(25)21-6-2-1-3-12(21)20-22/h1-7H,8H2,(H,19,24). The van der Waals surface area contributed by atoms with E-state index in [1.807, 2.05) is 0 Å². The Morgan fingerprint density at radius 3 is 2.63 bits per heavy atom. The number of fused-ring (bicyclic) bond motifs is 1. The summed E-state index contributed by atoms with van der Waals surface area (Å²) in [6, 6.07) is 6.86. The first-order valence-electron chi connectivity index (χ1n) is 7.36. The number of carbonyl (C=O) groups is 1. The molecule has 0 spiro atoms. The van der Waals surface area contributed by atoms with Gasteiger partial charge in [0.15, 0.2) is 5.65 Å². The van der Waals surface area contributed by atoms with Crippen LogP contribution in [0.1, 0.15) is 5.56 Å². The van der Waals surface area contributed by atoms with E-state index in [9.17, 15) is 32.9 Å². The highest BCUT2D eigenvalue weighted by atomic mass is 19.4. The van der Waals surface area contributed by atoms with Gasteiger partial charge in [0.25, 0.3) is 5.69 Å². The molecule has 140 valence electrons. The molecular weight excluding hydrogens is 371 g/mol. The summed E-state index contributed by atoms with van der Waals surface area (Å²) in [5.41, 5.74) is -3.22. The largest absolute Gasteiger partial charge is 0.423 e. The molecule has 0 atom stereocenters. The molecule has 1 amide bonds. The molecule has 2 heterocycles. The molecule has 2 aromatic heterocycles. The molecular formula is C15H10F3N5O4. The van der Waals surface area contributed by atoms with Crippen molar-refractivity contribution < 1.29 is 22.9 Å². The quantitative estimate of drug-likeness (QED) is 0.549. The minimum Gasteiger partial charge on any atom is -0.324 e. The van der Waals surface area contributed by atoms with E-state index in [2.05, 4.69) is 10.4 Å². The van der Waals surface area contributed by atoms with Gasteiger partial charge in [0.05, 0.1) is 4.92 Å². The minimum atomic E-state index is -4.97. The van der Waals surface area contributed by atoms with Crippen molar-refractivity contribution in [2.24, 2.45) is 0 Å². The summed E-state index contributed by atoms with van der Waals surface area (Å²) in [4.78, 5) is 33.7. The lowest BCUT2D eigenvalue weighted by Crippen LogP contribution is -2.28. The number of alkyl halides is 3. The Kier molecular flexibility index (Phi) is 4.39. The molecule has 0 saturated carbocycles. The van der Waals surface area contributed by atoms with E-state index in [1.165, 1.54) is 10.6 Å². The number of hydrogen-bond donors (Lipinski definition) is 1. The van der Waals surface area contributed by atoms with Crippen molar-refractivity contribution in [1.82, 2.24) is 14.2 Å². The number of nitro groups is 1. The van der Waals surface area contributed by atoms with Crippen LogP contribution in [0.15, 0.2) is 47.4 Å². The van der Waals surface area contributed by atoms with Crippen molar-refractivity contribution >= 4 is 22.9 Å². The number of nitrogens with one attached hydrogen (secondary N) is 1. The average Bonchev–Trinajstić information content (AvgIpc) is 2.90. The topological polar surface area (TPSA) is 112 Å².